The first-order valence-corrected chi connectivity index (χ1v) is 7.78. The Balaban J connectivity index is 1.85. The van der Waals surface area contributed by atoms with E-state index in [4.69, 9.17) is 0 Å². The third-order valence-electron chi connectivity index (χ3n) is 3.72. The fourth-order valence-electron chi connectivity index (χ4n) is 2.56. The number of H-pyrrole nitrogens is 1. The molecule has 0 unspecified atom stereocenters. The number of imidazole rings is 1. The van der Waals surface area contributed by atoms with Gasteiger partial charge in [-0.05, 0) is 36.8 Å². The first-order chi connectivity index (χ1) is 11.2. The van der Waals surface area contributed by atoms with Crippen LogP contribution >= 0.6 is 0 Å². The number of fused-ring (bicyclic) bond motifs is 1. The van der Waals surface area contributed by atoms with Crippen LogP contribution in [0.1, 0.15) is 29.5 Å². The van der Waals surface area contributed by atoms with Gasteiger partial charge in [-0.3, -0.25) is 4.79 Å². The second kappa shape index (κ2) is 6.52. The summed E-state index contributed by atoms with van der Waals surface area (Å²) in [5.74, 6) is 0.821. The molecule has 0 atom stereocenters. The number of rotatable bonds is 5. The molecule has 0 spiro atoms. The summed E-state index contributed by atoms with van der Waals surface area (Å²) in [7, 11) is 1.83. The van der Waals surface area contributed by atoms with Gasteiger partial charge in [-0.25, -0.2) is 4.98 Å². The molecule has 5 heteroatoms. The molecule has 0 aliphatic carbocycles. The van der Waals surface area contributed by atoms with Crippen LogP contribution in [0, 0.1) is 0 Å². The highest BCUT2D eigenvalue weighted by atomic mass is 16.1. The Morgan fingerprint density at radius 1 is 1.17 bits per heavy atom. The number of hydrogen-bond donors (Lipinski definition) is 3. The predicted molar refractivity (Wildman–Crippen MR) is 94.0 cm³/mol. The predicted octanol–water partition coefficient (Wildman–Crippen LogP) is 3.81. The van der Waals surface area contributed by atoms with Crippen LogP contribution in [0.15, 0.2) is 42.5 Å². The highest BCUT2D eigenvalue weighted by molar-refractivity contribution is 6.07. The zero-order chi connectivity index (χ0) is 16.2. The van der Waals surface area contributed by atoms with Gasteiger partial charge in [-0.2, -0.15) is 0 Å². The third-order valence-corrected chi connectivity index (χ3v) is 3.72. The summed E-state index contributed by atoms with van der Waals surface area (Å²) in [6.45, 7) is 2.12. The van der Waals surface area contributed by atoms with Gasteiger partial charge in [0.15, 0.2) is 0 Å². The molecule has 0 saturated carbocycles. The van der Waals surface area contributed by atoms with Crippen molar-refractivity contribution in [2.45, 2.75) is 19.8 Å². The summed E-state index contributed by atoms with van der Waals surface area (Å²) < 4.78 is 0. The van der Waals surface area contributed by atoms with E-state index in [0.29, 0.717) is 5.56 Å². The van der Waals surface area contributed by atoms with Crippen LogP contribution in [-0.2, 0) is 6.42 Å². The molecule has 3 N–H and O–H groups in total. The monoisotopic (exact) mass is 308 g/mol. The summed E-state index contributed by atoms with van der Waals surface area (Å²) in [6.07, 6.45) is 1.94. The molecule has 0 aliphatic heterocycles. The lowest BCUT2D eigenvalue weighted by Crippen LogP contribution is -2.13. The van der Waals surface area contributed by atoms with Crippen LogP contribution in [0.2, 0.25) is 0 Å². The Bertz CT molecular complexity index is 838. The molecule has 0 radical (unpaired) electrons. The maximum Gasteiger partial charge on any atom is 0.255 e. The smallest absolute Gasteiger partial charge is 0.255 e. The van der Waals surface area contributed by atoms with Gasteiger partial charge in [-0.15, -0.1) is 0 Å². The minimum absolute atomic E-state index is 0.138. The topological polar surface area (TPSA) is 69.8 Å². The molecule has 5 nitrogen and oxygen atoms in total. The molecule has 118 valence electrons. The molecular weight excluding hydrogens is 288 g/mol. The van der Waals surface area contributed by atoms with Gasteiger partial charge in [0.05, 0.1) is 22.4 Å². The number of aromatic nitrogens is 2. The zero-order valence-electron chi connectivity index (χ0n) is 13.3. The van der Waals surface area contributed by atoms with E-state index in [0.717, 1.165) is 41.1 Å². The van der Waals surface area contributed by atoms with Crippen LogP contribution in [0.5, 0.6) is 0 Å². The quantitative estimate of drug-likeness (QED) is 0.671. The molecule has 0 aliphatic rings. The van der Waals surface area contributed by atoms with Crippen LogP contribution in [0.3, 0.4) is 0 Å². The van der Waals surface area contributed by atoms with Crippen molar-refractivity contribution in [2.24, 2.45) is 0 Å². The molecule has 1 heterocycles. The number of carbonyl (C=O) groups is 1. The van der Waals surface area contributed by atoms with Crippen molar-refractivity contribution < 1.29 is 4.79 Å². The van der Waals surface area contributed by atoms with Crippen LogP contribution < -0.4 is 10.6 Å². The molecule has 0 bridgehead atoms. The average Bonchev–Trinajstić information content (AvgIpc) is 2.97. The molecular formula is C18H20N4O. The SMILES string of the molecule is CCCc1nc2ccc(C(=O)Nc3ccccc3NC)cc2[nH]1. The van der Waals surface area contributed by atoms with Crippen molar-refractivity contribution in [3.05, 3.63) is 53.9 Å². The molecule has 1 amide bonds. The summed E-state index contributed by atoms with van der Waals surface area (Å²) in [4.78, 5) is 20.3. The van der Waals surface area contributed by atoms with Crippen molar-refractivity contribution in [1.82, 2.24) is 9.97 Å². The van der Waals surface area contributed by atoms with E-state index >= 15 is 0 Å². The van der Waals surface area contributed by atoms with Crippen LogP contribution in [0.25, 0.3) is 11.0 Å². The Labute approximate surface area is 135 Å². The second-order valence-corrected chi connectivity index (χ2v) is 5.42. The molecule has 0 fully saturated rings. The van der Waals surface area contributed by atoms with Gasteiger partial charge in [0.1, 0.15) is 5.82 Å². The number of amides is 1. The number of benzene rings is 2. The number of aryl methyl sites for hydroxylation is 1. The van der Waals surface area contributed by atoms with E-state index in [-0.39, 0.29) is 5.91 Å². The minimum atomic E-state index is -0.138. The van der Waals surface area contributed by atoms with Gasteiger partial charge in [0, 0.05) is 19.0 Å². The molecule has 23 heavy (non-hydrogen) atoms. The van der Waals surface area contributed by atoms with E-state index in [1.54, 1.807) is 6.07 Å². The van der Waals surface area contributed by atoms with E-state index in [1.165, 1.54) is 0 Å². The summed E-state index contributed by atoms with van der Waals surface area (Å²) in [5, 5.41) is 6.01. The Morgan fingerprint density at radius 3 is 2.70 bits per heavy atom. The minimum Gasteiger partial charge on any atom is -0.386 e. The second-order valence-electron chi connectivity index (χ2n) is 5.42. The van der Waals surface area contributed by atoms with Crippen molar-refractivity contribution in [1.29, 1.82) is 0 Å². The van der Waals surface area contributed by atoms with Gasteiger partial charge in [-0.1, -0.05) is 19.1 Å². The lowest BCUT2D eigenvalue weighted by atomic mass is 10.1. The molecule has 1 aromatic heterocycles. The summed E-state index contributed by atoms with van der Waals surface area (Å²) in [5.41, 5.74) is 4.03. The number of aromatic amines is 1. The normalized spacial score (nSPS) is 10.7. The van der Waals surface area contributed by atoms with Gasteiger partial charge in [0.25, 0.3) is 5.91 Å². The van der Waals surface area contributed by atoms with E-state index in [9.17, 15) is 4.79 Å². The first-order valence-electron chi connectivity index (χ1n) is 7.78. The van der Waals surface area contributed by atoms with Crippen molar-refractivity contribution in [2.75, 3.05) is 17.7 Å². The van der Waals surface area contributed by atoms with Crippen LogP contribution in [-0.4, -0.2) is 22.9 Å². The number of hydrogen-bond acceptors (Lipinski definition) is 3. The van der Waals surface area contributed by atoms with E-state index < -0.39 is 0 Å². The fourth-order valence-corrected chi connectivity index (χ4v) is 2.56. The number of nitrogens with zero attached hydrogens (tertiary/aromatic N) is 1. The number of anilines is 2. The number of nitrogens with one attached hydrogen (secondary N) is 3. The highest BCUT2D eigenvalue weighted by Gasteiger charge is 2.10. The van der Waals surface area contributed by atoms with E-state index in [1.807, 2.05) is 43.4 Å². The maximum absolute atomic E-state index is 12.5. The summed E-state index contributed by atoms with van der Waals surface area (Å²) >= 11 is 0. The number of para-hydroxylation sites is 2. The van der Waals surface area contributed by atoms with E-state index in [2.05, 4.69) is 27.5 Å². The lowest BCUT2D eigenvalue weighted by molar-refractivity contribution is 0.102. The Kier molecular flexibility index (Phi) is 4.28. The van der Waals surface area contributed by atoms with Crippen molar-refractivity contribution in [3.8, 4) is 0 Å². The van der Waals surface area contributed by atoms with Gasteiger partial charge in [0.2, 0.25) is 0 Å². The van der Waals surface area contributed by atoms with Crippen molar-refractivity contribution >= 4 is 28.3 Å². The molecule has 3 aromatic rings. The van der Waals surface area contributed by atoms with Crippen molar-refractivity contribution in [3.63, 3.8) is 0 Å². The maximum atomic E-state index is 12.5. The van der Waals surface area contributed by atoms with Gasteiger partial charge < -0.3 is 15.6 Å². The molecule has 2 aromatic carbocycles. The standard InChI is InChI=1S/C18H20N4O/c1-3-6-17-20-15-10-9-12(11-16(15)21-17)18(23)22-14-8-5-4-7-13(14)19-2/h4-5,7-11,19H,3,6H2,1-2H3,(H,20,21)(H,22,23). The Hall–Kier alpha value is -2.82. The fraction of sp³-hybridized carbons (Fsp3) is 0.222. The lowest BCUT2D eigenvalue weighted by Gasteiger charge is -2.10. The number of carbonyl (C=O) groups excluding carboxylic acids is 1. The largest absolute Gasteiger partial charge is 0.386 e. The zero-order valence-corrected chi connectivity index (χ0v) is 13.3. The third kappa shape index (κ3) is 3.18. The first kappa shape index (κ1) is 15.1. The molecule has 3 rings (SSSR count). The highest BCUT2D eigenvalue weighted by Crippen LogP contribution is 2.22. The average molecular weight is 308 g/mol. The van der Waals surface area contributed by atoms with Crippen LogP contribution in [0.4, 0.5) is 11.4 Å². The Morgan fingerprint density at radius 2 is 1.96 bits per heavy atom. The summed E-state index contributed by atoms with van der Waals surface area (Å²) in [6, 6.07) is 13.1. The van der Waals surface area contributed by atoms with Gasteiger partial charge >= 0.3 is 0 Å². The molecule has 0 saturated heterocycles.